The molecule has 0 aromatic carbocycles. The first-order valence-electron chi connectivity index (χ1n) is 5.21. The summed E-state index contributed by atoms with van der Waals surface area (Å²) in [6.45, 7) is 4.32. The van der Waals surface area contributed by atoms with Crippen LogP contribution in [0.1, 0.15) is 30.7 Å². The second-order valence-corrected chi connectivity index (χ2v) is 4.72. The third-order valence-electron chi connectivity index (χ3n) is 2.31. The van der Waals surface area contributed by atoms with Crippen LogP contribution in [0.5, 0.6) is 0 Å². The fourth-order valence-electron chi connectivity index (χ4n) is 1.45. The van der Waals surface area contributed by atoms with Crippen molar-refractivity contribution in [2.75, 3.05) is 20.1 Å². The third-order valence-corrected chi connectivity index (χ3v) is 3.31. The molecule has 3 heteroatoms. The maximum atomic E-state index is 6.08. The Morgan fingerprint density at radius 1 is 1.57 bits per heavy atom. The van der Waals surface area contributed by atoms with Crippen molar-refractivity contribution >= 4 is 11.3 Å². The van der Waals surface area contributed by atoms with E-state index in [0.29, 0.717) is 0 Å². The maximum Gasteiger partial charge on any atom is 0.0518 e. The third kappa shape index (κ3) is 3.78. The van der Waals surface area contributed by atoms with Gasteiger partial charge in [-0.15, -0.1) is 11.3 Å². The zero-order chi connectivity index (χ0) is 10.4. The summed E-state index contributed by atoms with van der Waals surface area (Å²) in [4.78, 5) is 3.60. The van der Waals surface area contributed by atoms with Crippen LogP contribution in [0.25, 0.3) is 0 Å². The number of nitrogens with zero attached hydrogens (tertiary/aromatic N) is 1. The molecule has 1 aromatic heterocycles. The van der Waals surface area contributed by atoms with Crippen LogP contribution in [0.4, 0.5) is 0 Å². The highest BCUT2D eigenvalue weighted by Crippen LogP contribution is 2.17. The van der Waals surface area contributed by atoms with Gasteiger partial charge in [-0.1, -0.05) is 19.4 Å². The molecular weight excluding hydrogens is 192 g/mol. The molecule has 0 aliphatic carbocycles. The average Bonchev–Trinajstić information content (AvgIpc) is 2.67. The average molecular weight is 212 g/mol. The summed E-state index contributed by atoms with van der Waals surface area (Å²) in [5.74, 6) is 0. The highest BCUT2D eigenvalue weighted by molar-refractivity contribution is 7.10. The minimum Gasteiger partial charge on any atom is -0.322 e. The predicted octanol–water partition coefficient (Wildman–Crippen LogP) is 2.48. The van der Waals surface area contributed by atoms with Gasteiger partial charge in [-0.25, -0.2) is 0 Å². The summed E-state index contributed by atoms with van der Waals surface area (Å²) in [7, 11) is 2.14. The number of rotatable bonds is 6. The Morgan fingerprint density at radius 3 is 2.93 bits per heavy atom. The van der Waals surface area contributed by atoms with Crippen molar-refractivity contribution in [1.82, 2.24) is 4.90 Å². The topological polar surface area (TPSA) is 29.3 Å². The van der Waals surface area contributed by atoms with E-state index < -0.39 is 0 Å². The molecule has 0 saturated heterocycles. The molecule has 80 valence electrons. The van der Waals surface area contributed by atoms with Crippen LogP contribution in [0, 0.1) is 0 Å². The van der Waals surface area contributed by atoms with Gasteiger partial charge < -0.3 is 10.6 Å². The SMILES string of the molecule is CCCCN(C)CC(N)c1cccs1. The number of thiophene rings is 1. The Labute approximate surface area is 90.7 Å². The first-order valence-corrected chi connectivity index (χ1v) is 6.09. The Hall–Kier alpha value is -0.380. The summed E-state index contributed by atoms with van der Waals surface area (Å²) in [6.07, 6.45) is 2.51. The summed E-state index contributed by atoms with van der Waals surface area (Å²) in [6, 6.07) is 4.35. The molecule has 0 fully saturated rings. The van der Waals surface area contributed by atoms with Crippen molar-refractivity contribution in [3.05, 3.63) is 22.4 Å². The van der Waals surface area contributed by atoms with E-state index in [9.17, 15) is 0 Å². The zero-order valence-corrected chi connectivity index (χ0v) is 9.89. The number of likely N-dealkylation sites (N-methyl/N-ethyl adjacent to an activating group) is 1. The smallest absolute Gasteiger partial charge is 0.0518 e. The van der Waals surface area contributed by atoms with Crippen molar-refractivity contribution in [3.8, 4) is 0 Å². The lowest BCUT2D eigenvalue weighted by Crippen LogP contribution is -2.29. The largest absolute Gasteiger partial charge is 0.322 e. The second kappa shape index (κ2) is 6.17. The Balaban J connectivity index is 2.29. The predicted molar refractivity (Wildman–Crippen MR) is 63.7 cm³/mol. The molecule has 1 unspecified atom stereocenters. The fraction of sp³-hybridized carbons (Fsp3) is 0.636. The monoisotopic (exact) mass is 212 g/mol. The fourth-order valence-corrected chi connectivity index (χ4v) is 2.17. The normalized spacial score (nSPS) is 13.4. The number of unbranched alkanes of at least 4 members (excludes halogenated alkanes) is 1. The van der Waals surface area contributed by atoms with Gasteiger partial charge in [0.25, 0.3) is 0 Å². The summed E-state index contributed by atoms with van der Waals surface area (Å²) < 4.78 is 0. The number of hydrogen-bond acceptors (Lipinski definition) is 3. The van der Waals surface area contributed by atoms with E-state index in [1.165, 1.54) is 17.7 Å². The molecular formula is C11H20N2S. The van der Waals surface area contributed by atoms with E-state index in [-0.39, 0.29) is 6.04 Å². The van der Waals surface area contributed by atoms with Crippen LogP contribution >= 0.6 is 11.3 Å². The molecule has 0 aliphatic rings. The van der Waals surface area contributed by atoms with E-state index in [0.717, 1.165) is 13.1 Å². The summed E-state index contributed by atoms with van der Waals surface area (Å²) >= 11 is 1.75. The van der Waals surface area contributed by atoms with E-state index in [1.807, 2.05) is 0 Å². The maximum absolute atomic E-state index is 6.08. The Morgan fingerprint density at radius 2 is 2.36 bits per heavy atom. The van der Waals surface area contributed by atoms with E-state index in [2.05, 4.69) is 36.4 Å². The lowest BCUT2D eigenvalue weighted by atomic mass is 10.2. The van der Waals surface area contributed by atoms with Gasteiger partial charge >= 0.3 is 0 Å². The lowest BCUT2D eigenvalue weighted by molar-refractivity contribution is 0.309. The zero-order valence-electron chi connectivity index (χ0n) is 9.07. The number of hydrogen-bond donors (Lipinski definition) is 1. The molecule has 1 rings (SSSR count). The second-order valence-electron chi connectivity index (χ2n) is 3.74. The molecule has 14 heavy (non-hydrogen) atoms. The van der Waals surface area contributed by atoms with Crippen LogP contribution in [-0.4, -0.2) is 25.0 Å². The Kier molecular flexibility index (Phi) is 5.15. The highest BCUT2D eigenvalue weighted by Gasteiger charge is 2.09. The van der Waals surface area contributed by atoms with Gasteiger partial charge in [0.2, 0.25) is 0 Å². The van der Waals surface area contributed by atoms with Gasteiger partial charge in [-0.3, -0.25) is 0 Å². The molecule has 0 radical (unpaired) electrons. The highest BCUT2D eigenvalue weighted by atomic mass is 32.1. The van der Waals surface area contributed by atoms with Gasteiger partial charge in [-0.05, 0) is 31.5 Å². The molecule has 1 heterocycles. The van der Waals surface area contributed by atoms with Gasteiger partial charge in [0.15, 0.2) is 0 Å². The van der Waals surface area contributed by atoms with Crippen LogP contribution in [-0.2, 0) is 0 Å². The molecule has 2 nitrogen and oxygen atoms in total. The van der Waals surface area contributed by atoms with Gasteiger partial charge in [-0.2, -0.15) is 0 Å². The number of nitrogens with two attached hydrogens (primary N) is 1. The van der Waals surface area contributed by atoms with E-state index in [1.54, 1.807) is 11.3 Å². The van der Waals surface area contributed by atoms with Crippen molar-refractivity contribution in [2.24, 2.45) is 5.73 Å². The van der Waals surface area contributed by atoms with Gasteiger partial charge in [0.1, 0.15) is 0 Å². The Bertz CT molecular complexity index is 233. The van der Waals surface area contributed by atoms with Crippen LogP contribution in [0.15, 0.2) is 17.5 Å². The van der Waals surface area contributed by atoms with Gasteiger partial charge in [0, 0.05) is 11.4 Å². The first-order chi connectivity index (χ1) is 6.74. The van der Waals surface area contributed by atoms with Crippen molar-refractivity contribution in [1.29, 1.82) is 0 Å². The minimum absolute atomic E-state index is 0.178. The summed E-state index contributed by atoms with van der Waals surface area (Å²) in [5, 5.41) is 2.08. The van der Waals surface area contributed by atoms with Crippen LogP contribution in [0.3, 0.4) is 0 Å². The van der Waals surface area contributed by atoms with E-state index >= 15 is 0 Å². The van der Waals surface area contributed by atoms with Gasteiger partial charge in [0.05, 0.1) is 6.04 Å². The molecule has 0 aliphatic heterocycles. The van der Waals surface area contributed by atoms with Crippen molar-refractivity contribution in [2.45, 2.75) is 25.8 Å². The molecule has 0 amide bonds. The molecule has 0 bridgehead atoms. The van der Waals surface area contributed by atoms with Crippen molar-refractivity contribution < 1.29 is 0 Å². The summed E-state index contributed by atoms with van der Waals surface area (Å²) in [5.41, 5.74) is 6.08. The minimum atomic E-state index is 0.178. The van der Waals surface area contributed by atoms with Crippen LogP contribution < -0.4 is 5.73 Å². The van der Waals surface area contributed by atoms with Crippen LogP contribution in [0.2, 0.25) is 0 Å². The van der Waals surface area contributed by atoms with Crippen molar-refractivity contribution in [3.63, 3.8) is 0 Å². The molecule has 1 atom stereocenters. The molecule has 2 N–H and O–H groups in total. The molecule has 1 aromatic rings. The van der Waals surface area contributed by atoms with E-state index in [4.69, 9.17) is 5.73 Å². The quantitative estimate of drug-likeness (QED) is 0.785. The first kappa shape index (κ1) is 11.7. The lowest BCUT2D eigenvalue weighted by Gasteiger charge is -2.20. The molecule has 0 saturated carbocycles. The molecule has 0 spiro atoms. The standard InChI is InChI=1S/C11H20N2S/c1-3-4-7-13(2)9-10(12)11-6-5-8-14-11/h5-6,8,10H,3-4,7,9,12H2,1-2H3.